The van der Waals surface area contributed by atoms with Gasteiger partial charge in [-0.1, -0.05) is 30.1 Å². The van der Waals surface area contributed by atoms with E-state index in [1.165, 1.54) is 12.1 Å². The standard InChI is InChI=1S/C29H41Cl2N3O6S/c1-7-41(37,38)26-11-10-21(30)13-20(26)16-32-27(35)19-14-24(31)23(25(15-19)39-6)18-34-12-8-9-22(17-34)33(5)28(36)40-29(2,3)4/h10-11,13-15,22,27,32,35H,7-9,12,16-18H2,1-6H3. The van der Waals surface area contributed by atoms with Crippen LogP contribution in [0.1, 0.15) is 63.5 Å². The van der Waals surface area contributed by atoms with Crippen LogP contribution in [0.25, 0.3) is 0 Å². The molecular weight excluding hydrogens is 589 g/mol. The number of sulfone groups is 1. The number of hydrogen-bond donors (Lipinski definition) is 2. The molecule has 0 aliphatic carbocycles. The van der Waals surface area contributed by atoms with Crippen LogP contribution < -0.4 is 10.1 Å². The number of piperidine rings is 1. The van der Waals surface area contributed by atoms with Crippen LogP contribution in [0.5, 0.6) is 5.75 Å². The van der Waals surface area contributed by atoms with Gasteiger partial charge in [-0.15, -0.1) is 0 Å². The summed E-state index contributed by atoms with van der Waals surface area (Å²) in [6, 6.07) is 7.99. The normalized spacial score (nSPS) is 17.2. The number of aliphatic hydroxyl groups excluding tert-OH is 1. The summed E-state index contributed by atoms with van der Waals surface area (Å²) in [4.78, 5) is 16.7. The molecule has 3 rings (SSSR count). The Morgan fingerprint density at radius 2 is 1.95 bits per heavy atom. The summed E-state index contributed by atoms with van der Waals surface area (Å²) in [7, 11) is -0.162. The second-order valence-corrected chi connectivity index (χ2v) is 14.3. The molecule has 12 heteroatoms. The second kappa shape index (κ2) is 13.9. The summed E-state index contributed by atoms with van der Waals surface area (Å²) < 4.78 is 36.2. The van der Waals surface area contributed by atoms with Crippen LogP contribution in [-0.2, 0) is 27.7 Å². The maximum atomic E-state index is 12.6. The molecule has 2 atom stereocenters. The molecule has 1 saturated heterocycles. The summed E-state index contributed by atoms with van der Waals surface area (Å²) in [5.41, 5.74) is 1.14. The van der Waals surface area contributed by atoms with E-state index < -0.39 is 21.7 Å². The highest BCUT2D eigenvalue weighted by Crippen LogP contribution is 2.33. The Morgan fingerprint density at radius 3 is 2.59 bits per heavy atom. The fourth-order valence-electron chi connectivity index (χ4n) is 4.79. The SMILES string of the molecule is CCS(=O)(=O)c1ccc(Cl)cc1CNC(O)c1cc(Cl)c(CN2CCCC(N(C)C(=O)OC(C)(C)C)C2)c(OC)c1. The van der Waals surface area contributed by atoms with Gasteiger partial charge in [-0.3, -0.25) is 10.2 Å². The number of benzene rings is 2. The lowest BCUT2D eigenvalue weighted by atomic mass is 10.0. The Balaban J connectivity index is 1.73. The van der Waals surface area contributed by atoms with Crippen LogP contribution in [0.2, 0.25) is 10.0 Å². The molecule has 1 aliphatic heterocycles. The van der Waals surface area contributed by atoms with E-state index in [0.29, 0.717) is 40.0 Å². The average molecular weight is 631 g/mol. The Labute approximate surface area is 253 Å². The van der Waals surface area contributed by atoms with Gasteiger partial charge < -0.3 is 19.5 Å². The molecule has 2 aromatic carbocycles. The maximum Gasteiger partial charge on any atom is 0.410 e. The van der Waals surface area contributed by atoms with E-state index in [1.54, 1.807) is 44.2 Å². The lowest BCUT2D eigenvalue weighted by Gasteiger charge is -2.38. The topological polar surface area (TPSA) is 108 Å². The highest BCUT2D eigenvalue weighted by atomic mass is 35.5. The van der Waals surface area contributed by atoms with Crippen LogP contribution >= 0.6 is 23.2 Å². The Morgan fingerprint density at radius 1 is 1.24 bits per heavy atom. The molecule has 1 fully saturated rings. The number of carbonyl (C=O) groups excluding carboxylic acids is 1. The molecule has 0 saturated carbocycles. The minimum Gasteiger partial charge on any atom is -0.496 e. The number of halogens is 2. The number of aliphatic hydroxyl groups is 1. The van der Waals surface area contributed by atoms with Crippen molar-refractivity contribution < 1.29 is 27.8 Å². The van der Waals surface area contributed by atoms with E-state index in [1.807, 2.05) is 20.8 Å². The Bertz CT molecular complexity index is 1330. The monoisotopic (exact) mass is 629 g/mol. The molecule has 9 nitrogen and oxygen atoms in total. The number of likely N-dealkylation sites (N-methyl/N-ethyl adjacent to an activating group) is 1. The second-order valence-electron chi connectivity index (χ2n) is 11.2. The van der Waals surface area contributed by atoms with Crippen molar-refractivity contribution in [3.63, 3.8) is 0 Å². The highest BCUT2D eigenvalue weighted by molar-refractivity contribution is 7.91. The zero-order valence-corrected chi connectivity index (χ0v) is 26.9. The molecule has 2 unspecified atom stereocenters. The van der Waals surface area contributed by atoms with Gasteiger partial charge in [0.2, 0.25) is 0 Å². The van der Waals surface area contributed by atoms with Crippen LogP contribution in [0.4, 0.5) is 4.79 Å². The summed E-state index contributed by atoms with van der Waals surface area (Å²) in [5, 5.41) is 14.7. The molecule has 0 bridgehead atoms. The number of nitrogens with zero attached hydrogens (tertiary/aromatic N) is 2. The van der Waals surface area contributed by atoms with E-state index in [0.717, 1.165) is 24.9 Å². The van der Waals surface area contributed by atoms with Gasteiger partial charge in [0, 0.05) is 53.9 Å². The molecule has 228 valence electrons. The van der Waals surface area contributed by atoms with Gasteiger partial charge in [-0.05, 0) is 76.1 Å². The molecule has 0 aromatic heterocycles. The van der Waals surface area contributed by atoms with Crippen molar-refractivity contribution in [3.8, 4) is 5.75 Å². The first-order valence-corrected chi connectivity index (χ1v) is 16.0. The molecular formula is C29H41Cl2N3O6S. The van der Waals surface area contributed by atoms with Crippen molar-refractivity contribution in [3.05, 3.63) is 57.1 Å². The molecule has 1 heterocycles. The third-order valence-corrected chi connectivity index (χ3v) is 9.43. The Kier molecular flexibility index (Phi) is 11.4. The van der Waals surface area contributed by atoms with Crippen molar-refractivity contribution in [1.29, 1.82) is 0 Å². The van der Waals surface area contributed by atoms with E-state index in [2.05, 4.69) is 10.2 Å². The smallest absolute Gasteiger partial charge is 0.410 e. The lowest BCUT2D eigenvalue weighted by Crippen LogP contribution is -2.49. The molecule has 0 radical (unpaired) electrons. The zero-order valence-electron chi connectivity index (χ0n) is 24.5. The third kappa shape index (κ3) is 8.95. The predicted octanol–water partition coefficient (Wildman–Crippen LogP) is 5.41. The molecule has 0 spiro atoms. The van der Waals surface area contributed by atoms with E-state index in [9.17, 15) is 18.3 Å². The van der Waals surface area contributed by atoms with Crippen molar-refractivity contribution in [2.45, 2.75) is 76.4 Å². The van der Waals surface area contributed by atoms with Gasteiger partial charge in [-0.25, -0.2) is 13.2 Å². The van der Waals surface area contributed by atoms with Crippen molar-refractivity contribution in [1.82, 2.24) is 15.1 Å². The van der Waals surface area contributed by atoms with Crippen molar-refractivity contribution in [2.75, 3.05) is 33.0 Å². The fraction of sp³-hybridized carbons (Fsp3) is 0.552. The molecule has 1 amide bonds. The predicted molar refractivity (Wildman–Crippen MR) is 161 cm³/mol. The van der Waals surface area contributed by atoms with Crippen molar-refractivity contribution >= 4 is 39.1 Å². The van der Waals surface area contributed by atoms with Crippen LogP contribution in [0.15, 0.2) is 35.2 Å². The minimum absolute atomic E-state index is 0.00145. The lowest BCUT2D eigenvalue weighted by molar-refractivity contribution is 0.0129. The van der Waals surface area contributed by atoms with E-state index in [-0.39, 0.29) is 29.3 Å². The third-order valence-electron chi connectivity index (χ3n) is 7.03. The van der Waals surface area contributed by atoms with Crippen LogP contribution in [-0.4, -0.2) is 74.1 Å². The Hall–Kier alpha value is -2.08. The van der Waals surface area contributed by atoms with Gasteiger partial charge in [-0.2, -0.15) is 0 Å². The average Bonchev–Trinajstić information content (AvgIpc) is 2.91. The van der Waals surface area contributed by atoms with Gasteiger partial charge >= 0.3 is 6.09 Å². The maximum absolute atomic E-state index is 12.6. The summed E-state index contributed by atoms with van der Waals surface area (Å²) in [5.74, 6) is 0.473. The fourth-order valence-corrected chi connectivity index (χ4v) is 6.38. The van der Waals surface area contributed by atoms with Crippen LogP contribution in [0.3, 0.4) is 0 Å². The van der Waals surface area contributed by atoms with E-state index >= 15 is 0 Å². The first kappa shape index (κ1) is 33.4. The number of hydrogen-bond acceptors (Lipinski definition) is 8. The summed E-state index contributed by atoms with van der Waals surface area (Å²) in [6.45, 7) is 9.19. The van der Waals surface area contributed by atoms with Gasteiger partial charge in [0.15, 0.2) is 9.84 Å². The van der Waals surface area contributed by atoms with E-state index in [4.69, 9.17) is 32.7 Å². The molecule has 2 N–H and O–H groups in total. The number of carbonyl (C=O) groups is 1. The van der Waals surface area contributed by atoms with Crippen molar-refractivity contribution in [2.24, 2.45) is 0 Å². The number of likely N-dealkylation sites (tertiary alicyclic amines) is 1. The molecule has 1 aliphatic rings. The largest absolute Gasteiger partial charge is 0.496 e. The molecule has 41 heavy (non-hydrogen) atoms. The zero-order chi connectivity index (χ0) is 30.5. The van der Waals surface area contributed by atoms with Crippen LogP contribution in [0, 0.1) is 0 Å². The first-order valence-electron chi connectivity index (χ1n) is 13.6. The number of methoxy groups -OCH3 is 1. The van der Waals surface area contributed by atoms with Gasteiger partial charge in [0.1, 0.15) is 17.6 Å². The first-order chi connectivity index (χ1) is 19.1. The number of amides is 1. The van der Waals surface area contributed by atoms with Gasteiger partial charge in [0.25, 0.3) is 0 Å². The summed E-state index contributed by atoms with van der Waals surface area (Å²) >= 11 is 12.8. The molecule has 2 aromatic rings. The highest BCUT2D eigenvalue weighted by Gasteiger charge is 2.30. The van der Waals surface area contributed by atoms with Gasteiger partial charge in [0.05, 0.1) is 17.8 Å². The number of rotatable bonds is 10. The minimum atomic E-state index is -3.47. The number of nitrogens with one attached hydrogen (secondary N) is 1. The number of ether oxygens (including phenoxy) is 2. The summed E-state index contributed by atoms with van der Waals surface area (Å²) in [6.07, 6.45) is 0.302. The quantitative estimate of drug-likeness (QED) is 0.336.